The van der Waals surface area contributed by atoms with E-state index < -0.39 is 5.97 Å². The van der Waals surface area contributed by atoms with E-state index in [0.29, 0.717) is 39.6 Å². The predicted octanol–water partition coefficient (Wildman–Crippen LogP) is 5.54. The monoisotopic (exact) mass is 462 g/mol. The number of halogens is 1. The lowest BCUT2D eigenvalue weighted by Gasteiger charge is -2.15. The van der Waals surface area contributed by atoms with Crippen LogP contribution in [0.25, 0.3) is 11.1 Å². The number of amides is 1. The second-order valence-electron chi connectivity index (χ2n) is 7.70. The summed E-state index contributed by atoms with van der Waals surface area (Å²) >= 11 is 5.94. The van der Waals surface area contributed by atoms with Gasteiger partial charge in [-0.3, -0.25) is 4.79 Å². The van der Waals surface area contributed by atoms with Crippen molar-refractivity contribution in [2.24, 2.45) is 0 Å². The number of carbonyl (C=O) groups excluding carboxylic acids is 2. The Morgan fingerprint density at radius 3 is 2.45 bits per heavy atom. The zero-order valence-electron chi connectivity index (χ0n) is 18.3. The van der Waals surface area contributed by atoms with Crippen molar-refractivity contribution >= 4 is 34.6 Å². The number of methoxy groups -OCH3 is 1. The fraction of sp³-hybridized carbons (Fsp3) is 0.192. The van der Waals surface area contributed by atoms with Gasteiger partial charge in [0.25, 0.3) is 5.91 Å². The van der Waals surface area contributed by atoms with Crippen molar-refractivity contribution < 1.29 is 18.7 Å². The molecule has 0 aliphatic heterocycles. The van der Waals surface area contributed by atoms with E-state index in [2.05, 4.69) is 10.3 Å². The fourth-order valence-electron chi connectivity index (χ4n) is 3.57. The van der Waals surface area contributed by atoms with Crippen LogP contribution in [0.15, 0.2) is 71.1 Å². The van der Waals surface area contributed by atoms with Gasteiger partial charge in [0.15, 0.2) is 11.5 Å². The molecule has 4 aromatic rings. The molecule has 1 amide bonds. The number of ether oxygens (including phenoxy) is 1. The summed E-state index contributed by atoms with van der Waals surface area (Å²) in [5.74, 6) is -0.0721. The normalized spacial score (nSPS) is 11.8. The summed E-state index contributed by atoms with van der Waals surface area (Å²) in [5, 5.41) is 3.69. The van der Waals surface area contributed by atoms with Gasteiger partial charge in [0.2, 0.25) is 0 Å². The first-order chi connectivity index (χ1) is 15.9. The summed E-state index contributed by atoms with van der Waals surface area (Å²) in [7, 11) is 1.34. The smallest absolute Gasteiger partial charge is 0.337 e. The molecule has 0 aliphatic rings. The Labute approximate surface area is 196 Å². The number of fused-ring (bicyclic) bond motifs is 1. The van der Waals surface area contributed by atoms with Crippen molar-refractivity contribution in [3.05, 3.63) is 99.9 Å². The third kappa shape index (κ3) is 5.23. The molecule has 1 atom stereocenters. The molecule has 0 spiro atoms. The maximum atomic E-state index is 13.0. The van der Waals surface area contributed by atoms with Gasteiger partial charge in [0, 0.05) is 11.4 Å². The second-order valence-corrected chi connectivity index (χ2v) is 8.13. The highest BCUT2D eigenvalue weighted by molar-refractivity contribution is 6.30. The predicted molar refractivity (Wildman–Crippen MR) is 127 cm³/mol. The van der Waals surface area contributed by atoms with Gasteiger partial charge in [-0.2, -0.15) is 0 Å². The van der Waals surface area contributed by atoms with Crippen molar-refractivity contribution in [3.63, 3.8) is 0 Å². The number of carbonyl (C=O) groups is 2. The zero-order valence-corrected chi connectivity index (χ0v) is 19.1. The van der Waals surface area contributed by atoms with Gasteiger partial charge in [-0.05, 0) is 60.9 Å². The molecule has 168 valence electrons. The molecule has 1 N–H and O–H groups in total. The van der Waals surface area contributed by atoms with Crippen LogP contribution in [0.5, 0.6) is 0 Å². The Morgan fingerprint density at radius 1 is 1.03 bits per heavy atom. The minimum absolute atomic E-state index is 0.248. The average Bonchev–Trinajstić information content (AvgIpc) is 3.26. The molecule has 0 aliphatic carbocycles. The third-order valence-corrected chi connectivity index (χ3v) is 5.68. The Kier molecular flexibility index (Phi) is 6.75. The molecule has 0 bridgehead atoms. The Balaban J connectivity index is 1.47. The number of hydrogen-bond donors (Lipinski definition) is 1. The first-order valence-corrected chi connectivity index (χ1v) is 10.9. The zero-order chi connectivity index (χ0) is 23.4. The van der Waals surface area contributed by atoms with Gasteiger partial charge < -0.3 is 14.5 Å². The van der Waals surface area contributed by atoms with Crippen molar-refractivity contribution in [2.45, 2.75) is 25.8 Å². The van der Waals surface area contributed by atoms with Gasteiger partial charge in [-0.1, -0.05) is 41.9 Å². The van der Waals surface area contributed by atoms with Crippen LogP contribution in [0.4, 0.5) is 0 Å². The van der Waals surface area contributed by atoms with Gasteiger partial charge in [0.05, 0.1) is 24.3 Å². The summed E-state index contributed by atoms with van der Waals surface area (Å²) in [4.78, 5) is 29.2. The first kappa shape index (κ1) is 22.6. The van der Waals surface area contributed by atoms with Crippen LogP contribution in [0.1, 0.15) is 50.7 Å². The molecule has 1 heterocycles. The molecule has 4 rings (SSSR count). The number of oxazole rings is 1. The molecule has 7 heteroatoms. The van der Waals surface area contributed by atoms with Gasteiger partial charge >= 0.3 is 5.97 Å². The van der Waals surface area contributed by atoms with Gasteiger partial charge in [-0.25, -0.2) is 9.78 Å². The molecule has 1 aromatic heterocycles. The maximum absolute atomic E-state index is 13.0. The number of para-hydroxylation sites is 1. The lowest BCUT2D eigenvalue weighted by Crippen LogP contribution is -2.26. The number of rotatable bonds is 7. The lowest BCUT2D eigenvalue weighted by atomic mass is 10.1. The molecule has 0 saturated carbocycles. The number of esters is 1. The number of benzene rings is 3. The maximum Gasteiger partial charge on any atom is 0.337 e. The summed E-state index contributed by atoms with van der Waals surface area (Å²) < 4.78 is 10.6. The number of hydrogen-bond acceptors (Lipinski definition) is 5. The van der Waals surface area contributed by atoms with Gasteiger partial charge in [0.1, 0.15) is 5.52 Å². The number of aryl methyl sites for hydroxylation is 2. The first-order valence-electron chi connectivity index (χ1n) is 10.6. The average molecular weight is 463 g/mol. The van der Waals surface area contributed by atoms with Crippen LogP contribution in [0, 0.1) is 0 Å². The van der Waals surface area contributed by atoms with E-state index >= 15 is 0 Å². The van der Waals surface area contributed by atoms with Crippen LogP contribution in [0.2, 0.25) is 5.02 Å². The molecule has 0 radical (unpaired) electrons. The van der Waals surface area contributed by atoms with E-state index in [-0.39, 0.29) is 11.9 Å². The van der Waals surface area contributed by atoms with E-state index in [9.17, 15) is 9.59 Å². The van der Waals surface area contributed by atoms with E-state index in [1.54, 1.807) is 42.5 Å². The van der Waals surface area contributed by atoms with Crippen LogP contribution >= 0.6 is 11.6 Å². The molecule has 6 nitrogen and oxygen atoms in total. The van der Waals surface area contributed by atoms with Crippen LogP contribution in [-0.2, 0) is 17.6 Å². The summed E-state index contributed by atoms with van der Waals surface area (Å²) in [6, 6.07) is 19.7. The van der Waals surface area contributed by atoms with Crippen molar-refractivity contribution in [3.8, 4) is 0 Å². The number of nitrogens with one attached hydrogen (secondary N) is 1. The van der Waals surface area contributed by atoms with E-state index in [0.717, 1.165) is 17.5 Å². The van der Waals surface area contributed by atoms with Crippen molar-refractivity contribution in [2.75, 3.05) is 7.11 Å². The van der Waals surface area contributed by atoms with Gasteiger partial charge in [-0.15, -0.1) is 0 Å². The molecule has 3 aromatic carbocycles. The topological polar surface area (TPSA) is 81.4 Å². The van der Waals surface area contributed by atoms with Crippen molar-refractivity contribution in [1.29, 1.82) is 0 Å². The third-order valence-electron chi connectivity index (χ3n) is 5.43. The highest BCUT2D eigenvalue weighted by Gasteiger charge is 2.18. The minimum atomic E-state index is -0.400. The Hall–Kier alpha value is -3.64. The molecule has 0 unspecified atom stereocenters. The summed E-state index contributed by atoms with van der Waals surface area (Å²) in [6.07, 6.45) is 1.37. The largest absolute Gasteiger partial charge is 0.465 e. The number of aromatic nitrogens is 1. The molecular weight excluding hydrogens is 440 g/mol. The summed E-state index contributed by atoms with van der Waals surface area (Å²) in [6.45, 7) is 1.88. The van der Waals surface area contributed by atoms with Crippen LogP contribution < -0.4 is 5.32 Å². The van der Waals surface area contributed by atoms with E-state index in [4.69, 9.17) is 20.8 Å². The second kappa shape index (κ2) is 9.88. The quantitative estimate of drug-likeness (QED) is 0.364. The molecule has 0 fully saturated rings. The van der Waals surface area contributed by atoms with Crippen molar-refractivity contribution in [1.82, 2.24) is 10.3 Å². The standard InChI is InChI=1S/C26H23ClN2O4/c1-16(18-9-11-19(12-10-18)26(31)32-2)28-25(30)21-4-3-5-22-24(21)29-23(33-22)15-8-17-6-13-20(27)14-7-17/h3-7,9-14,16H,8,15H2,1-2H3,(H,28,30)/t16-/m0/s1. The molecule has 0 saturated heterocycles. The van der Waals surface area contributed by atoms with Crippen LogP contribution in [0.3, 0.4) is 0 Å². The lowest BCUT2D eigenvalue weighted by molar-refractivity contribution is 0.0600. The molecule has 33 heavy (non-hydrogen) atoms. The van der Waals surface area contributed by atoms with E-state index in [1.807, 2.05) is 31.2 Å². The molecular formula is C26H23ClN2O4. The number of nitrogens with zero attached hydrogens (tertiary/aromatic N) is 1. The van der Waals surface area contributed by atoms with Crippen LogP contribution in [-0.4, -0.2) is 24.0 Å². The van der Waals surface area contributed by atoms with E-state index in [1.165, 1.54) is 7.11 Å². The minimum Gasteiger partial charge on any atom is -0.465 e. The Bertz CT molecular complexity index is 1280. The highest BCUT2D eigenvalue weighted by Crippen LogP contribution is 2.22. The SMILES string of the molecule is COC(=O)c1ccc([C@H](C)NC(=O)c2cccc3oc(CCc4ccc(Cl)cc4)nc23)cc1. The Morgan fingerprint density at radius 2 is 1.76 bits per heavy atom. The summed E-state index contributed by atoms with van der Waals surface area (Å²) in [5.41, 5.74) is 4.02. The highest BCUT2D eigenvalue weighted by atomic mass is 35.5. The fourth-order valence-corrected chi connectivity index (χ4v) is 3.70.